The molecule has 2 saturated heterocycles. The second kappa shape index (κ2) is 9.36. The molecule has 0 aromatic heterocycles. The number of rotatable bonds is 4. The van der Waals surface area contributed by atoms with E-state index in [1.807, 2.05) is 19.1 Å². The minimum absolute atomic E-state index is 0.0441. The van der Waals surface area contributed by atoms with Crippen LogP contribution in [0.4, 0.5) is 5.69 Å². The van der Waals surface area contributed by atoms with E-state index in [0.29, 0.717) is 54.2 Å². The van der Waals surface area contributed by atoms with Crippen molar-refractivity contribution >= 4 is 40.5 Å². The highest BCUT2D eigenvalue weighted by Gasteiger charge is 2.32. The number of phenols is 1. The average molecular weight is 438 g/mol. The lowest BCUT2D eigenvalue weighted by Crippen LogP contribution is -2.40. The Hall–Kier alpha value is -3.10. The van der Waals surface area contributed by atoms with E-state index in [4.69, 9.17) is 4.74 Å². The third kappa shape index (κ3) is 4.81. The van der Waals surface area contributed by atoms with Gasteiger partial charge in [-0.1, -0.05) is 18.2 Å². The van der Waals surface area contributed by atoms with E-state index < -0.39 is 0 Å². The molecule has 2 aliphatic rings. The molecule has 0 atom stereocenters. The van der Waals surface area contributed by atoms with Crippen molar-refractivity contribution in [1.29, 1.82) is 0 Å². The van der Waals surface area contributed by atoms with Crippen LogP contribution < -0.4 is 0 Å². The smallest absolute Gasteiger partial charge is 0.266 e. The Kier molecular flexibility index (Phi) is 6.39. The van der Waals surface area contributed by atoms with Gasteiger partial charge in [0.2, 0.25) is 0 Å². The van der Waals surface area contributed by atoms with Crippen molar-refractivity contribution in [3.05, 3.63) is 64.6 Å². The van der Waals surface area contributed by atoms with Gasteiger partial charge in [0.1, 0.15) is 5.75 Å². The highest BCUT2D eigenvalue weighted by atomic mass is 32.2. The van der Waals surface area contributed by atoms with E-state index >= 15 is 0 Å². The molecule has 2 aromatic rings. The molecule has 31 heavy (non-hydrogen) atoms. The highest BCUT2D eigenvalue weighted by molar-refractivity contribution is 8.18. The number of amides is 2. The fraction of sp³-hybridized carbons (Fsp3) is 0.261. The summed E-state index contributed by atoms with van der Waals surface area (Å²) in [5.74, 6) is -0.0276. The molecule has 0 radical (unpaired) electrons. The minimum Gasteiger partial charge on any atom is -0.508 e. The summed E-state index contributed by atoms with van der Waals surface area (Å²) in [4.78, 5) is 34.2. The van der Waals surface area contributed by atoms with E-state index in [1.165, 1.54) is 11.8 Å². The fourth-order valence-electron chi connectivity index (χ4n) is 3.40. The molecule has 2 aliphatic heterocycles. The molecule has 2 heterocycles. The third-order valence-corrected chi connectivity index (χ3v) is 6.00. The summed E-state index contributed by atoms with van der Waals surface area (Å²) in [6.45, 7) is 4.63. The molecule has 7 nitrogen and oxygen atoms in total. The van der Waals surface area contributed by atoms with Gasteiger partial charge in [0.05, 0.1) is 23.8 Å². The number of thioether (sulfide) groups is 1. The lowest BCUT2D eigenvalue weighted by atomic mass is 10.1. The quantitative estimate of drug-likeness (QED) is 0.741. The van der Waals surface area contributed by atoms with Gasteiger partial charge in [-0.25, -0.2) is 4.99 Å². The minimum atomic E-state index is -0.129. The monoisotopic (exact) mass is 437 g/mol. The first-order valence-corrected chi connectivity index (χ1v) is 10.9. The number of phenolic OH excluding ortho intramolecular Hbond substituents is 1. The normalized spacial score (nSPS) is 19.5. The van der Waals surface area contributed by atoms with E-state index in [2.05, 4.69) is 4.99 Å². The number of ether oxygens (including phenoxy) is 1. The molecule has 0 bridgehead atoms. The Morgan fingerprint density at radius 3 is 2.71 bits per heavy atom. The topological polar surface area (TPSA) is 82.4 Å². The molecule has 0 unspecified atom stereocenters. The number of aromatic hydroxyl groups is 1. The van der Waals surface area contributed by atoms with Crippen LogP contribution in [0.2, 0.25) is 0 Å². The van der Waals surface area contributed by atoms with Crippen molar-refractivity contribution in [1.82, 2.24) is 9.80 Å². The average Bonchev–Trinajstić information content (AvgIpc) is 3.07. The third-order valence-electron chi connectivity index (χ3n) is 4.99. The van der Waals surface area contributed by atoms with Crippen LogP contribution in [0.15, 0.2) is 58.4 Å². The molecule has 0 aliphatic carbocycles. The van der Waals surface area contributed by atoms with Gasteiger partial charge in [0, 0.05) is 25.2 Å². The summed E-state index contributed by atoms with van der Waals surface area (Å²) >= 11 is 1.28. The predicted octanol–water partition coefficient (Wildman–Crippen LogP) is 3.49. The summed E-state index contributed by atoms with van der Waals surface area (Å²) < 4.78 is 5.32. The molecule has 0 saturated carbocycles. The van der Waals surface area contributed by atoms with Gasteiger partial charge >= 0.3 is 0 Å². The number of amidine groups is 1. The van der Waals surface area contributed by atoms with E-state index in [-0.39, 0.29) is 17.6 Å². The molecular formula is C23H23N3O4S. The maximum Gasteiger partial charge on any atom is 0.266 e. The molecular weight excluding hydrogens is 414 g/mol. The Morgan fingerprint density at radius 1 is 1.19 bits per heavy atom. The van der Waals surface area contributed by atoms with Gasteiger partial charge in [0.25, 0.3) is 11.8 Å². The second-order valence-corrected chi connectivity index (χ2v) is 8.11. The Morgan fingerprint density at radius 2 is 1.97 bits per heavy atom. The van der Waals surface area contributed by atoms with Crippen LogP contribution in [-0.2, 0) is 9.53 Å². The highest BCUT2D eigenvalue weighted by Crippen LogP contribution is 2.34. The largest absolute Gasteiger partial charge is 0.508 e. The lowest BCUT2D eigenvalue weighted by Gasteiger charge is -2.26. The number of nitrogens with zero attached hydrogens (tertiary/aromatic N) is 3. The van der Waals surface area contributed by atoms with Crippen LogP contribution >= 0.6 is 11.8 Å². The van der Waals surface area contributed by atoms with Gasteiger partial charge in [-0.15, -0.1) is 0 Å². The summed E-state index contributed by atoms with van der Waals surface area (Å²) in [6, 6.07) is 13.9. The van der Waals surface area contributed by atoms with Crippen LogP contribution in [0.25, 0.3) is 6.08 Å². The zero-order valence-electron chi connectivity index (χ0n) is 17.2. The predicted molar refractivity (Wildman–Crippen MR) is 121 cm³/mol. The fourth-order valence-corrected chi connectivity index (χ4v) is 4.47. The number of aliphatic imine (C=N–C) groups is 1. The van der Waals surface area contributed by atoms with E-state index in [0.717, 1.165) is 5.56 Å². The zero-order valence-corrected chi connectivity index (χ0v) is 18.0. The number of hydrogen-bond donors (Lipinski definition) is 1. The maximum atomic E-state index is 12.8. The molecule has 4 rings (SSSR count). The van der Waals surface area contributed by atoms with Crippen molar-refractivity contribution in [3.63, 3.8) is 0 Å². The van der Waals surface area contributed by atoms with Crippen molar-refractivity contribution in [2.75, 3.05) is 32.8 Å². The second-order valence-electron chi connectivity index (χ2n) is 7.10. The maximum absolute atomic E-state index is 12.8. The molecule has 160 valence electrons. The first kappa shape index (κ1) is 21.1. The Balaban J connectivity index is 1.59. The standard InChI is InChI=1S/C23H23N3O4S/c1-2-26-22(29)20(14-16-5-3-8-19(27)13-16)31-23(26)24-18-7-4-6-17(15-18)21(28)25-9-11-30-12-10-25/h3-8,13-15,27H,2,9-12H2,1H3/b20-14+,24-23?. The van der Waals surface area contributed by atoms with Crippen molar-refractivity contribution in [2.45, 2.75) is 6.92 Å². The molecule has 8 heteroatoms. The van der Waals surface area contributed by atoms with Gasteiger partial charge < -0.3 is 14.7 Å². The SMILES string of the molecule is CCN1C(=O)/C(=C\c2cccc(O)c2)SC1=Nc1cccc(C(=O)N2CCOCC2)c1. The van der Waals surface area contributed by atoms with Gasteiger partial charge in [0.15, 0.2) is 5.17 Å². The van der Waals surface area contributed by atoms with E-state index in [1.54, 1.807) is 52.3 Å². The van der Waals surface area contributed by atoms with Crippen LogP contribution in [0.1, 0.15) is 22.8 Å². The first-order valence-electron chi connectivity index (χ1n) is 10.1. The van der Waals surface area contributed by atoms with Crippen molar-refractivity contribution < 1.29 is 19.4 Å². The van der Waals surface area contributed by atoms with Gasteiger partial charge in [-0.3, -0.25) is 14.5 Å². The van der Waals surface area contributed by atoms with Crippen LogP contribution in [0.5, 0.6) is 5.75 Å². The number of hydrogen-bond acceptors (Lipinski definition) is 6. The van der Waals surface area contributed by atoms with Crippen LogP contribution in [0, 0.1) is 0 Å². The van der Waals surface area contributed by atoms with Crippen LogP contribution in [-0.4, -0.2) is 64.7 Å². The summed E-state index contributed by atoms with van der Waals surface area (Å²) in [7, 11) is 0. The molecule has 0 spiro atoms. The first-order chi connectivity index (χ1) is 15.0. The van der Waals surface area contributed by atoms with E-state index in [9.17, 15) is 14.7 Å². The summed E-state index contributed by atoms with van der Waals surface area (Å²) in [5, 5.41) is 10.2. The number of benzene rings is 2. The number of carbonyl (C=O) groups excluding carboxylic acids is 2. The number of morpholine rings is 1. The van der Waals surface area contributed by atoms with Crippen molar-refractivity contribution in [3.8, 4) is 5.75 Å². The van der Waals surface area contributed by atoms with Gasteiger partial charge in [-0.2, -0.15) is 0 Å². The molecule has 1 N–H and O–H groups in total. The van der Waals surface area contributed by atoms with Gasteiger partial charge in [-0.05, 0) is 60.7 Å². The Bertz CT molecular complexity index is 1060. The summed E-state index contributed by atoms with van der Waals surface area (Å²) in [6.07, 6.45) is 1.75. The zero-order chi connectivity index (χ0) is 21.8. The lowest BCUT2D eigenvalue weighted by molar-refractivity contribution is -0.122. The number of likely N-dealkylation sites (N-methyl/N-ethyl adjacent to an activating group) is 1. The Labute approximate surface area is 185 Å². The molecule has 2 aromatic carbocycles. The summed E-state index contributed by atoms with van der Waals surface area (Å²) in [5.41, 5.74) is 1.93. The van der Waals surface area contributed by atoms with Crippen molar-refractivity contribution in [2.24, 2.45) is 4.99 Å². The molecule has 2 fully saturated rings. The molecule has 2 amide bonds. The number of carbonyl (C=O) groups is 2. The van der Waals surface area contributed by atoms with Crippen LogP contribution in [0.3, 0.4) is 0 Å².